The van der Waals surface area contributed by atoms with Crippen molar-refractivity contribution in [3.63, 3.8) is 0 Å². The number of nitrogens with one attached hydrogen (secondary N) is 1. The molecule has 2 amide bonds. The lowest BCUT2D eigenvalue weighted by Crippen LogP contribution is -2.47. The van der Waals surface area contributed by atoms with Crippen molar-refractivity contribution in [2.75, 3.05) is 20.1 Å². The third-order valence-corrected chi connectivity index (χ3v) is 2.48. The fourth-order valence-corrected chi connectivity index (χ4v) is 1.74. The highest BCUT2D eigenvalue weighted by Crippen LogP contribution is 2.18. The Morgan fingerprint density at radius 2 is 2.00 bits per heavy atom. The molecule has 1 aliphatic heterocycles. The van der Waals surface area contributed by atoms with Gasteiger partial charge in [0.15, 0.2) is 0 Å². The molecule has 2 N–H and O–H groups in total. The number of nitrogens with zero attached hydrogens (tertiary/aromatic N) is 1. The van der Waals surface area contributed by atoms with Crippen LogP contribution in [0.1, 0.15) is 19.8 Å². The monoisotopic (exact) mass is 214 g/mol. The average Bonchev–Trinajstić information content (AvgIpc) is 2.11. The minimum absolute atomic E-state index is 0.102. The Hall–Kier alpha value is -0.940. The molecule has 1 fully saturated rings. The molecule has 0 saturated carbocycles. The Balaban J connectivity index is 2.53. The number of carbonyl (C=O) groups excluding carboxylic acids is 2. The van der Waals surface area contributed by atoms with Crippen molar-refractivity contribution < 1.29 is 14.7 Å². The van der Waals surface area contributed by atoms with Gasteiger partial charge in [0.1, 0.15) is 0 Å². The van der Waals surface area contributed by atoms with Crippen LogP contribution in [0.15, 0.2) is 0 Å². The molecule has 0 aromatic carbocycles. The first-order valence-electron chi connectivity index (χ1n) is 5.20. The Morgan fingerprint density at radius 1 is 1.47 bits per heavy atom. The van der Waals surface area contributed by atoms with Gasteiger partial charge in [0.2, 0.25) is 11.8 Å². The predicted molar refractivity (Wildman–Crippen MR) is 55.1 cm³/mol. The van der Waals surface area contributed by atoms with Crippen LogP contribution >= 0.6 is 0 Å². The number of likely N-dealkylation sites (tertiary alicyclic amines) is 1. The summed E-state index contributed by atoms with van der Waals surface area (Å²) in [4.78, 5) is 24.2. The van der Waals surface area contributed by atoms with Crippen LogP contribution in [0, 0.1) is 5.92 Å². The number of piperidine rings is 1. The van der Waals surface area contributed by atoms with Crippen molar-refractivity contribution >= 4 is 11.8 Å². The Morgan fingerprint density at radius 3 is 2.47 bits per heavy atom. The number of β-amino-alcohol motifs (C(OH)–C–C–N with tert-alkyl or cyclic N) is 1. The second kappa shape index (κ2) is 5.23. The van der Waals surface area contributed by atoms with E-state index < -0.39 is 6.10 Å². The lowest BCUT2D eigenvalue weighted by molar-refractivity contribution is -0.151. The topological polar surface area (TPSA) is 69.6 Å². The van der Waals surface area contributed by atoms with Crippen LogP contribution in [0.4, 0.5) is 0 Å². The highest BCUT2D eigenvalue weighted by atomic mass is 16.3. The molecule has 5 heteroatoms. The fourth-order valence-electron chi connectivity index (χ4n) is 1.74. The maximum absolute atomic E-state index is 11.5. The van der Waals surface area contributed by atoms with Crippen molar-refractivity contribution in [2.45, 2.75) is 25.9 Å². The van der Waals surface area contributed by atoms with Gasteiger partial charge in [0, 0.05) is 19.4 Å². The largest absolute Gasteiger partial charge is 0.390 e. The third kappa shape index (κ3) is 3.28. The van der Waals surface area contributed by atoms with E-state index in [-0.39, 0.29) is 24.3 Å². The summed E-state index contributed by atoms with van der Waals surface area (Å²) >= 11 is 0. The number of hydrogen-bond donors (Lipinski definition) is 2. The van der Waals surface area contributed by atoms with Gasteiger partial charge in [-0.3, -0.25) is 14.5 Å². The average molecular weight is 214 g/mol. The fraction of sp³-hybridized carbons (Fsp3) is 0.800. The molecular weight excluding hydrogens is 196 g/mol. The predicted octanol–water partition coefficient (Wildman–Crippen LogP) is -0.648. The molecule has 0 radical (unpaired) electrons. The van der Waals surface area contributed by atoms with Crippen molar-refractivity contribution in [3.8, 4) is 0 Å². The molecular formula is C10H18N2O3. The smallest absolute Gasteiger partial charge is 0.229 e. The van der Waals surface area contributed by atoms with Crippen LogP contribution in [0.5, 0.6) is 0 Å². The number of aliphatic hydroxyl groups excluding tert-OH is 1. The standard InChI is InChI=1S/C10H18N2O3/c1-7-3-9(14)12(10(15)4-7)6-8(13)5-11-2/h7-8,11,13H,3-6H2,1-2H3. The van der Waals surface area contributed by atoms with Gasteiger partial charge in [-0.25, -0.2) is 0 Å². The number of rotatable bonds is 4. The molecule has 5 nitrogen and oxygen atoms in total. The molecule has 1 aliphatic rings. The van der Waals surface area contributed by atoms with Gasteiger partial charge in [0.25, 0.3) is 0 Å². The summed E-state index contributed by atoms with van der Waals surface area (Å²) < 4.78 is 0. The SMILES string of the molecule is CNCC(O)CN1C(=O)CC(C)CC1=O. The first-order valence-corrected chi connectivity index (χ1v) is 5.20. The van der Waals surface area contributed by atoms with Crippen LogP contribution in [0.2, 0.25) is 0 Å². The zero-order valence-electron chi connectivity index (χ0n) is 9.19. The zero-order valence-corrected chi connectivity index (χ0v) is 9.19. The molecule has 1 unspecified atom stereocenters. The molecule has 1 rings (SSSR count). The molecule has 0 aliphatic carbocycles. The first kappa shape index (κ1) is 12.1. The molecule has 0 aromatic rings. The second-order valence-corrected chi connectivity index (χ2v) is 4.12. The summed E-state index contributed by atoms with van der Waals surface area (Å²) in [5.74, 6) is -0.217. The highest BCUT2D eigenvalue weighted by molar-refractivity contribution is 5.97. The van der Waals surface area contributed by atoms with E-state index in [9.17, 15) is 14.7 Å². The minimum Gasteiger partial charge on any atom is -0.390 e. The van der Waals surface area contributed by atoms with Crippen molar-refractivity contribution in [1.29, 1.82) is 0 Å². The number of amides is 2. The molecule has 86 valence electrons. The zero-order chi connectivity index (χ0) is 11.4. The summed E-state index contributed by atoms with van der Waals surface area (Å²) in [6.45, 7) is 2.37. The van der Waals surface area contributed by atoms with Gasteiger partial charge in [0.05, 0.1) is 12.6 Å². The summed E-state index contributed by atoms with van der Waals surface area (Å²) in [6.07, 6.45) is 0.118. The maximum Gasteiger partial charge on any atom is 0.229 e. The van der Waals surface area contributed by atoms with Gasteiger partial charge in [-0.15, -0.1) is 0 Å². The van der Waals surface area contributed by atoms with E-state index in [0.29, 0.717) is 19.4 Å². The van der Waals surface area contributed by atoms with E-state index in [1.807, 2.05) is 6.92 Å². The normalized spacial score (nSPS) is 20.9. The van der Waals surface area contributed by atoms with E-state index in [0.717, 1.165) is 0 Å². The van der Waals surface area contributed by atoms with E-state index in [1.165, 1.54) is 4.90 Å². The Labute approximate surface area is 89.4 Å². The van der Waals surface area contributed by atoms with Gasteiger partial charge >= 0.3 is 0 Å². The lowest BCUT2D eigenvalue weighted by atomic mass is 9.97. The summed E-state index contributed by atoms with van der Waals surface area (Å²) in [6, 6.07) is 0. The molecule has 0 bridgehead atoms. The third-order valence-electron chi connectivity index (χ3n) is 2.48. The van der Waals surface area contributed by atoms with Gasteiger partial charge < -0.3 is 10.4 Å². The molecule has 0 aromatic heterocycles. The minimum atomic E-state index is -0.684. The van der Waals surface area contributed by atoms with Crippen LogP contribution < -0.4 is 5.32 Å². The lowest BCUT2D eigenvalue weighted by Gasteiger charge is -2.29. The number of likely N-dealkylation sites (N-methyl/N-ethyl adjacent to an activating group) is 1. The van der Waals surface area contributed by atoms with Gasteiger partial charge in [-0.1, -0.05) is 6.92 Å². The maximum atomic E-state index is 11.5. The molecule has 0 spiro atoms. The van der Waals surface area contributed by atoms with E-state index in [4.69, 9.17) is 0 Å². The van der Waals surface area contributed by atoms with Gasteiger partial charge in [-0.2, -0.15) is 0 Å². The quantitative estimate of drug-likeness (QED) is 0.610. The Bertz CT molecular complexity index is 237. The molecule has 1 saturated heterocycles. The number of aliphatic hydroxyl groups is 1. The van der Waals surface area contributed by atoms with Crippen molar-refractivity contribution in [1.82, 2.24) is 10.2 Å². The van der Waals surface area contributed by atoms with Crippen LogP contribution in [0.3, 0.4) is 0 Å². The van der Waals surface area contributed by atoms with Crippen molar-refractivity contribution in [3.05, 3.63) is 0 Å². The van der Waals surface area contributed by atoms with Gasteiger partial charge in [-0.05, 0) is 13.0 Å². The van der Waals surface area contributed by atoms with Crippen LogP contribution in [0.25, 0.3) is 0 Å². The molecule has 1 atom stereocenters. The van der Waals surface area contributed by atoms with E-state index >= 15 is 0 Å². The Kier molecular flexibility index (Phi) is 4.23. The summed E-state index contributed by atoms with van der Waals surface area (Å²) in [7, 11) is 1.71. The number of hydrogen-bond acceptors (Lipinski definition) is 4. The first-order chi connectivity index (χ1) is 7.04. The molecule has 15 heavy (non-hydrogen) atoms. The summed E-state index contributed by atoms with van der Waals surface area (Å²) in [5.41, 5.74) is 0. The van der Waals surface area contributed by atoms with Crippen molar-refractivity contribution in [2.24, 2.45) is 5.92 Å². The second-order valence-electron chi connectivity index (χ2n) is 4.12. The van der Waals surface area contributed by atoms with E-state index in [1.54, 1.807) is 7.05 Å². The van der Waals surface area contributed by atoms with Crippen LogP contribution in [-0.4, -0.2) is 48.1 Å². The van der Waals surface area contributed by atoms with Crippen LogP contribution in [-0.2, 0) is 9.59 Å². The number of imide groups is 1. The summed E-state index contributed by atoms with van der Waals surface area (Å²) in [5, 5.41) is 12.3. The number of carbonyl (C=O) groups is 2. The van der Waals surface area contributed by atoms with E-state index in [2.05, 4.69) is 5.32 Å². The highest BCUT2D eigenvalue weighted by Gasteiger charge is 2.31. The molecule has 1 heterocycles.